The third kappa shape index (κ3) is 2.58. The third-order valence-electron chi connectivity index (χ3n) is 3.38. The minimum atomic E-state index is 0.202. The second-order valence-corrected chi connectivity index (χ2v) is 5.31. The summed E-state index contributed by atoms with van der Waals surface area (Å²) in [7, 11) is 0. The topological polar surface area (TPSA) is 83.4 Å². The summed E-state index contributed by atoms with van der Waals surface area (Å²) in [4.78, 5) is 15.4. The number of aromatic amines is 2. The Labute approximate surface area is 117 Å². The highest BCUT2D eigenvalue weighted by Crippen LogP contribution is 2.22. The Morgan fingerprint density at radius 2 is 2.15 bits per heavy atom. The molecule has 1 unspecified atom stereocenters. The van der Waals surface area contributed by atoms with Crippen molar-refractivity contribution in [2.45, 2.75) is 32.7 Å². The fourth-order valence-electron chi connectivity index (χ4n) is 2.31. The van der Waals surface area contributed by atoms with Crippen LogP contribution in [0.25, 0.3) is 22.3 Å². The summed E-state index contributed by atoms with van der Waals surface area (Å²) in [5.74, 6) is 1.91. The molecular weight excluding hydrogens is 250 g/mol. The number of nitrogens with zero attached hydrogens (tertiary/aromatic N) is 2. The first-order valence-electron chi connectivity index (χ1n) is 6.88. The molecule has 0 bridgehead atoms. The molecular formula is C15H19N5. The van der Waals surface area contributed by atoms with Gasteiger partial charge >= 0.3 is 0 Å². The number of aromatic nitrogens is 4. The van der Waals surface area contributed by atoms with Crippen LogP contribution >= 0.6 is 0 Å². The first-order chi connectivity index (χ1) is 9.61. The van der Waals surface area contributed by atoms with E-state index in [4.69, 9.17) is 5.73 Å². The number of imidazole rings is 2. The highest BCUT2D eigenvalue weighted by Gasteiger charge is 2.06. The normalized spacial score (nSPS) is 12.9. The van der Waals surface area contributed by atoms with Gasteiger partial charge in [0.05, 0.1) is 22.9 Å². The summed E-state index contributed by atoms with van der Waals surface area (Å²) < 4.78 is 0. The zero-order valence-electron chi connectivity index (χ0n) is 11.8. The maximum Gasteiger partial charge on any atom is 0.106 e. The van der Waals surface area contributed by atoms with Gasteiger partial charge in [0.25, 0.3) is 0 Å². The number of hydrogen-bond acceptors (Lipinski definition) is 3. The Hall–Kier alpha value is -2.14. The summed E-state index contributed by atoms with van der Waals surface area (Å²) in [6, 6.07) is 6.38. The fraction of sp³-hybridized carbons (Fsp3) is 0.333. The van der Waals surface area contributed by atoms with Crippen LogP contribution in [0.2, 0.25) is 0 Å². The summed E-state index contributed by atoms with van der Waals surface area (Å²) >= 11 is 0. The largest absolute Gasteiger partial charge is 0.342 e. The molecule has 1 aromatic carbocycles. The molecule has 104 valence electrons. The number of rotatable bonds is 4. The molecule has 3 aromatic rings. The summed E-state index contributed by atoms with van der Waals surface area (Å²) in [6.45, 7) is 3.97. The van der Waals surface area contributed by atoms with Crippen molar-refractivity contribution in [3.8, 4) is 11.3 Å². The molecule has 0 aliphatic rings. The second-order valence-electron chi connectivity index (χ2n) is 5.31. The predicted octanol–water partition coefficient (Wildman–Crippen LogP) is 2.54. The van der Waals surface area contributed by atoms with Gasteiger partial charge in [-0.1, -0.05) is 6.07 Å². The smallest absolute Gasteiger partial charge is 0.106 e. The molecule has 5 nitrogen and oxygen atoms in total. The van der Waals surface area contributed by atoms with Crippen molar-refractivity contribution in [3.05, 3.63) is 36.0 Å². The van der Waals surface area contributed by atoms with Gasteiger partial charge in [-0.3, -0.25) is 0 Å². The van der Waals surface area contributed by atoms with Crippen molar-refractivity contribution < 1.29 is 0 Å². The van der Waals surface area contributed by atoms with Crippen molar-refractivity contribution in [1.82, 2.24) is 19.9 Å². The molecule has 20 heavy (non-hydrogen) atoms. The van der Waals surface area contributed by atoms with Gasteiger partial charge in [-0.05, 0) is 32.4 Å². The van der Waals surface area contributed by atoms with E-state index in [0.29, 0.717) is 0 Å². The van der Waals surface area contributed by atoms with E-state index in [9.17, 15) is 0 Å². The van der Waals surface area contributed by atoms with Crippen molar-refractivity contribution in [1.29, 1.82) is 0 Å². The molecule has 5 heteroatoms. The van der Waals surface area contributed by atoms with Crippen LogP contribution in [0.1, 0.15) is 25.0 Å². The number of hydrogen-bond donors (Lipinski definition) is 3. The van der Waals surface area contributed by atoms with Crippen molar-refractivity contribution in [2.24, 2.45) is 5.73 Å². The Kier molecular flexibility index (Phi) is 3.28. The fourth-order valence-corrected chi connectivity index (χ4v) is 2.31. The van der Waals surface area contributed by atoms with E-state index in [1.54, 1.807) is 0 Å². The molecule has 0 aliphatic heterocycles. The molecule has 0 spiro atoms. The van der Waals surface area contributed by atoms with Gasteiger partial charge in [0, 0.05) is 18.0 Å². The van der Waals surface area contributed by atoms with Crippen LogP contribution in [0.15, 0.2) is 24.4 Å². The van der Waals surface area contributed by atoms with E-state index < -0.39 is 0 Å². The van der Waals surface area contributed by atoms with E-state index in [1.165, 1.54) is 0 Å². The number of H-pyrrole nitrogens is 2. The SMILES string of the molecule is Cc1nc2ccc(-c3cnc(CCC(C)N)[nH]3)cc2[nH]1. The van der Waals surface area contributed by atoms with E-state index in [1.807, 2.05) is 26.1 Å². The molecule has 2 aromatic heterocycles. The van der Waals surface area contributed by atoms with Crippen LogP contribution in [0.3, 0.4) is 0 Å². The molecule has 2 heterocycles. The van der Waals surface area contributed by atoms with Gasteiger partial charge in [-0.2, -0.15) is 0 Å². The van der Waals surface area contributed by atoms with Crippen molar-refractivity contribution >= 4 is 11.0 Å². The Morgan fingerprint density at radius 1 is 1.30 bits per heavy atom. The van der Waals surface area contributed by atoms with Gasteiger partial charge in [-0.25, -0.2) is 9.97 Å². The lowest BCUT2D eigenvalue weighted by molar-refractivity contribution is 0.652. The predicted molar refractivity (Wildman–Crippen MR) is 80.4 cm³/mol. The summed E-state index contributed by atoms with van der Waals surface area (Å²) in [5.41, 5.74) is 9.95. The van der Waals surface area contributed by atoms with Gasteiger partial charge in [0.1, 0.15) is 11.6 Å². The van der Waals surface area contributed by atoms with E-state index >= 15 is 0 Å². The molecule has 0 saturated carbocycles. The Bertz CT molecular complexity index is 723. The highest BCUT2D eigenvalue weighted by molar-refractivity contribution is 5.81. The van der Waals surface area contributed by atoms with Crippen LogP contribution in [0.5, 0.6) is 0 Å². The Balaban J connectivity index is 1.86. The lowest BCUT2D eigenvalue weighted by Gasteiger charge is -2.01. The van der Waals surface area contributed by atoms with Crippen molar-refractivity contribution in [2.75, 3.05) is 0 Å². The number of nitrogens with two attached hydrogens (primary N) is 1. The van der Waals surface area contributed by atoms with Crippen molar-refractivity contribution in [3.63, 3.8) is 0 Å². The number of benzene rings is 1. The first-order valence-corrected chi connectivity index (χ1v) is 6.88. The van der Waals surface area contributed by atoms with Crippen LogP contribution in [-0.2, 0) is 6.42 Å². The van der Waals surface area contributed by atoms with Gasteiger partial charge < -0.3 is 15.7 Å². The molecule has 0 fully saturated rings. The summed E-state index contributed by atoms with van der Waals surface area (Å²) in [5, 5.41) is 0. The lowest BCUT2D eigenvalue weighted by Crippen LogP contribution is -2.15. The first kappa shape index (κ1) is 12.9. The molecule has 4 N–H and O–H groups in total. The number of fused-ring (bicyclic) bond motifs is 1. The van der Waals surface area contributed by atoms with E-state index in [2.05, 4.69) is 32.1 Å². The lowest BCUT2D eigenvalue weighted by atomic mass is 10.1. The van der Waals surface area contributed by atoms with Gasteiger partial charge in [0.2, 0.25) is 0 Å². The number of aryl methyl sites for hydroxylation is 2. The molecule has 0 amide bonds. The Morgan fingerprint density at radius 3 is 2.95 bits per heavy atom. The van der Waals surface area contributed by atoms with E-state index in [-0.39, 0.29) is 6.04 Å². The average Bonchev–Trinajstić information content (AvgIpc) is 3.00. The quantitative estimate of drug-likeness (QED) is 0.680. The molecule has 0 saturated heterocycles. The van der Waals surface area contributed by atoms with Crippen LogP contribution in [0, 0.1) is 6.92 Å². The maximum absolute atomic E-state index is 5.77. The monoisotopic (exact) mass is 269 g/mol. The minimum Gasteiger partial charge on any atom is -0.342 e. The zero-order chi connectivity index (χ0) is 14.1. The molecule has 0 aliphatic carbocycles. The third-order valence-corrected chi connectivity index (χ3v) is 3.38. The van der Waals surface area contributed by atoms with E-state index in [0.717, 1.165) is 46.8 Å². The van der Waals surface area contributed by atoms with Gasteiger partial charge in [-0.15, -0.1) is 0 Å². The van der Waals surface area contributed by atoms with Crippen LogP contribution in [0.4, 0.5) is 0 Å². The second kappa shape index (κ2) is 5.09. The number of nitrogens with one attached hydrogen (secondary N) is 2. The molecule has 3 rings (SSSR count). The minimum absolute atomic E-state index is 0.202. The molecule has 0 radical (unpaired) electrons. The highest BCUT2D eigenvalue weighted by atomic mass is 14.9. The molecule has 1 atom stereocenters. The van der Waals surface area contributed by atoms with Crippen LogP contribution < -0.4 is 5.73 Å². The summed E-state index contributed by atoms with van der Waals surface area (Å²) in [6.07, 6.45) is 3.69. The maximum atomic E-state index is 5.77. The van der Waals surface area contributed by atoms with Gasteiger partial charge in [0.15, 0.2) is 0 Å². The average molecular weight is 269 g/mol. The zero-order valence-corrected chi connectivity index (χ0v) is 11.8. The standard InChI is InChI=1S/C15H19N5/c1-9(16)3-6-15-17-8-14(20-15)11-4-5-12-13(7-11)19-10(2)18-12/h4-5,7-9H,3,6,16H2,1-2H3,(H,17,20)(H,18,19). The van der Waals surface area contributed by atoms with Crippen LogP contribution in [-0.4, -0.2) is 26.0 Å².